The predicted molar refractivity (Wildman–Crippen MR) is 158 cm³/mol. The van der Waals surface area contributed by atoms with E-state index < -0.39 is 12.5 Å². The third kappa shape index (κ3) is 5.80. The van der Waals surface area contributed by atoms with Crippen LogP contribution in [-0.2, 0) is 27.2 Å². The summed E-state index contributed by atoms with van der Waals surface area (Å²) in [5.41, 5.74) is 6.75. The number of halogens is 1. The minimum Gasteiger partial charge on any atom is -0.512 e. The molecule has 0 spiro atoms. The van der Waals surface area contributed by atoms with Crippen LogP contribution in [-0.4, -0.2) is 40.1 Å². The quantitative estimate of drug-likeness (QED) is 0.317. The normalized spacial score (nSPS) is 20.8. The van der Waals surface area contributed by atoms with Crippen LogP contribution in [0.15, 0.2) is 35.3 Å². The van der Waals surface area contributed by atoms with E-state index >= 15 is 4.39 Å². The summed E-state index contributed by atoms with van der Waals surface area (Å²) < 4.78 is 20.9. The zero-order chi connectivity index (χ0) is 30.0. The SMILES string of the molecule is CCC(C)Cc1c(/C(C)=C/C2=C(C(C)=O)CO/C(=C/O)[C@@H]2CC)nc2cc(F)c(C)c3c2c1[C@@H](NC(=O)CO)CC3. The number of aliphatic hydroxyl groups is 2. The number of hydrogen-bond donors (Lipinski definition) is 3. The highest BCUT2D eigenvalue weighted by Crippen LogP contribution is 2.43. The van der Waals surface area contributed by atoms with Gasteiger partial charge in [0.2, 0.25) is 5.91 Å². The lowest BCUT2D eigenvalue weighted by Gasteiger charge is -2.32. The van der Waals surface area contributed by atoms with Crippen LogP contribution in [0.3, 0.4) is 0 Å². The Morgan fingerprint density at radius 3 is 2.63 bits per heavy atom. The molecule has 1 aliphatic heterocycles. The Labute approximate surface area is 241 Å². The number of ether oxygens (including phenoxy) is 1. The van der Waals surface area contributed by atoms with Gasteiger partial charge in [-0.05, 0) is 85.8 Å². The van der Waals surface area contributed by atoms with Crippen molar-refractivity contribution in [2.75, 3.05) is 13.2 Å². The summed E-state index contributed by atoms with van der Waals surface area (Å²) in [5, 5.41) is 23.2. The molecule has 0 radical (unpaired) electrons. The number of aromatic nitrogens is 1. The molecule has 220 valence electrons. The zero-order valence-electron chi connectivity index (χ0n) is 24.9. The van der Waals surface area contributed by atoms with E-state index in [0.29, 0.717) is 59.7 Å². The first-order valence-electron chi connectivity index (χ1n) is 14.5. The second-order valence-corrected chi connectivity index (χ2v) is 11.3. The van der Waals surface area contributed by atoms with Crippen molar-refractivity contribution in [1.82, 2.24) is 10.3 Å². The van der Waals surface area contributed by atoms with E-state index in [1.807, 2.05) is 19.9 Å². The number of aliphatic hydroxyl groups excluding tert-OH is 2. The van der Waals surface area contributed by atoms with E-state index in [2.05, 4.69) is 19.2 Å². The molecule has 2 aromatic rings. The van der Waals surface area contributed by atoms with Crippen LogP contribution >= 0.6 is 0 Å². The summed E-state index contributed by atoms with van der Waals surface area (Å²) in [6.07, 6.45) is 6.32. The number of nitrogens with zero attached hydrogens (tertiary/aromatic N) is 1. The fourth-order valence-electron chi connectivity index (χ4n) is 6.23. The minimum atomic E-state index is -0.615. The molecule has 2 heterocycles. The number of rotatable bonds is 9. The van der Waals surface area contributed by atoms with Crippen molar-refractivity contribution < 1.29 is 28.9 Å². The van der Waals surface area contributed by atoms with Crippen LogP contribution in [0, 0.1) is 24.6 Å². The summed E-state index contributed by atoms with van der Waals surface area (Å²) >= 11 is 0. The highest BCUT2D eigenvalue weighted by Gasteiger charge is 2.32. The lowest BCUT2D eigenvalue weighted by molar-refractivity contribution is -0.124. The number of allylic oxidation sites excluding steroid dienone is 3. The van der Waals surface area contributed by atoms with Crippen LogP contribution in [0.1, 0.15) is 87.9 Å². The molecule has 8 heteroatoms. The highest BCUT2D eigenvalue weighted by atomic mass is 19.1. The highest BCUT2D eigenvalue weighted by molar-refractivity contribution is 5.96. The van der Waals surface area contributed by atoms with Crippen molar-refractivity contribution in [2.45, 2.75) is 79.7 Å². The lowest BCUT2D eigenvalue weighted by Crippen LogP contribution is -2.34. The Hall–Kier alpha value is -3.52. The Morgan fingerprint density at radius 1 is 1.29 bits per heavy atom. The molecule has 1 amide bonds. The number of benzene rings is 1. The van der Waals surface area contributed by atoms with Gasteiger partial charge in [-0.3, -0.25) is 9.59 Å². The summed E-state index contributed by atoms with van der Waals surface area (Å²) in [6, 6.07) is 1.11. The smallest absolute Gasteiger partial charge is 0.246 e. The predicted octanol–water partition coefficient (Wildman–Crippen LogP) is 6.11. The number of aryl methyl sites for hydroxylation is 1. The molecule has 0 saturated heterocycles. The fourth-order valence-corrected chi connectivity index (χ4v) is 6.23. The maximum absolute atomic E-state index is 15.2. The summed E-state index contributed by atoms with van der Waals surface area (Å²) in [6.45, 7) is 10.9. The number of hydrogen-bond acceptors (Lipinski definition) is 6. The second kappa shape index (κ2) is 12.6. The number of pyridine rings is 1. The van der Waals surface area contributed by atoms with Crippen molar-refractivity contribution >= 4 is 28.2 Å². The van der Waals surface area contributed by atoms with Crippen molar-refractivity contribution in [3.8, 4) is 0 Å². The van der Waals surface area contributed by atoms with E-state index in [1.54, 1.807) is 6.92 Å². The van der Waals surface area contributed by atoms with E-state index in [9.17, 15) is 19.8 Å². The van der Waals surface area contributed by atoms with Gasteiger partial charge in [0.15, 0.2) is 5.78 Å². The molecule has 0 bridgehead atoms. The Balaban J connectivity index is 2.06. The molecule has 3 atom stereocenters. The molecule has 41 heavy (non-hydrogen) atoms. The number of carbonyl (C=O) groups excluding carboxylic acids is 2. The van der Waals surface area contributed by atoms with Gasteiger partial charge in [0, 0.05) is 22.9 Å². The van der Waals surface area contributed by atoms with Crippen molar-refractivity contribution in [3.63, 3.8) is 0 Å². The van der Waals surface area contributed by atoms with Crippen LogP contribution in [0.2, 0.25) is 0 Å². The van der Waals surface area contributed by atoms with Gasteiger partial charge in [0.05, 0.1) is 17.3 Å². The van der Waals surface area contributed by atoms with Crippen LogP contribution < -0.4 is 5.32 Å². The average Bonchev–Trinajstić information content (AvgIpc) is 2.96. The van der Waals surface area contributed by atoms with Gasteiger partial charge in [-0.1, -0.05) is 33.3 Å². The monoisotopic (exact) mass is 564 g/mol. The first-order valence-corrected chi connectivity index (χ1v) is 14.5. The first kappa shape index (κ1) is 30.4. The zero-order valence-corrected chi connectivity index (χ0v) is 24.9. The maximum Gasteiger partial charge on any atom is 0.246 e. The molecular weight excluding hydrogens is 523 g/mol. The molecule has 1 unspecified atom stereocenters. The molecule has 1 aromatic carbocycles. The third-order valence-corrected chi connectivity index (χ3v) is 8.66. The van der Waals surface area contributed by atoms with Crippen LogP contribution in [0.25, 0.3) is 16.5 Å². The summed E-state index contributed by atoms with van der Waals surface area (Å²) in [5.74, 6) is -0.469. The number of carbonyl (C=O) groups is 2. The van der Waals surface area contributed by atoms with Crippen molar-refractivity contribution in [2.24, 2.45) is 11.8 Å². The van der Waals surface area contributed by atoms with Crippen molar-refractivity contribution in [3.05, 3.63) is 69.1 Å². The summed E-state index contributed by atoms with van der Waals surface area (Å²) in [7, 11) is 0. The fraction of sp³-hybridized carbons (Fsp3) is 0.485. The number of nitrogens with one attached hydrogen (secondary N) is 1. The Morgan fingerprint density at radius 2 is 2.02 bits per heavy atom. The molecule has 0 saturated carbocycles. The number of ketones is 1. The molecule has 4 rings (SSSR count). The average molecular weight is 565 g/mol. The van der Waals surface area contributed by atoms with E-state index in [1.165, 1.54) is 13.0 Å². The molecule has 2 aliphatic rings. The lowest BCUT2D eigenvalue weighted by atomic mass is 9.78. The molecule has 3 N–H and O–H groups in total. The molecule has 1 aliphatic carbocycles. The van der Waals surface area contributed by atoms with E-state index in [0.717, 1.165) is 45.9 Å². The van der Waals surface area contributed by atoms with Gasteiger partial charge in [0.1, 0.15) is 31.1 Å². The van der Waals surface area contributed by atoms with Crippen LogP contribution in [0.4, 0.5) is 4.39 Å². The molecule has 1 aromatic heterocycles. The summed E-state index contributed by atoms with van der Waals surface area (Å²) in [4.78, 5) is 30.1. The van der Waals surface area contributed by atoms with Gasteiger partial charge in [-0.2, -0.15) is 0 Å². The number of Topliss-reactive ketones (excluding diaryl/α,β-unsaturated/α-hetero) is 1. The molecular formula is C33H41FN2O5. The van der Waals surface area contributed by atoms with Gasteiger partial charge in [-0.15, -0.1) is 0 Å². The van der Waals surface area contributed by atoms with Crippen LogP contribution in [0.5, 0.6) is 0 Å². The largest absolute Gasteiger partial charge is 0.512 e. The topological polar surface area (TPSA) is 109 Å². The first-order chi connectivity index (χ1) is 19.6. The maximum atomic E-state index is 15.2. The van der Waals surface area contributed by atoms with Gasteiger partial charge >= 0.3 is 0 Å². The molecule has 7 nitrogen and oxygen atoms in total. The minimum absolute atomic E-state index is 0.0660. The molecule has 0 fully saturated rings. The van der Waals surface area contributed by atoms with Gasteiger partial charge in [0.25, 0.3) is 0 Å². The van der Waals surface area contributed by atoms with Gasteiger partial charge in [-0.25, -0.2) is 9.37 Å². The second-order valence-electron chi connectivity index (χ2n) is 11.3. The van der Waals surface area contributed by atoms with Crippen molar-refractivity contribution in [1.29, 1.82) is 0 Å². The van der Waals surface area contributed by atoms with E-state index in [-0.39, 0.29) is 30.2 Å². The van der Waals surface area contributed by atoms with E-state index in [4.69, 9.17) is 9.72 Å². The number of amides is 1. The Bertz CT molecular complexity index is 1470. The van der Waals surface area contributed by atoms with Gasteiger partial charge < -0.3 is 20.3 Å². The Kier molecular flexibility index (Phi) is 9.32. The standard InChI is InChI=1S/C33H41FN2O5/c1-7-17(3)11-24-32-27(35-30(40)15-38)10-9-22-19(5)26(34)13-28(31(22)32)36-33(24)18(4)12-23-21(8-2)29(14-37)41-16-25(23)20(6)39/h12-14,17,21,27,37-38H,7-11,15-16H2,1-6H3,(H,35,40)/b18-12+,29-14+/t17?,21-,27+/m1/s1. The third-order valence-electron chi connectivity index (χ3n) is 8.66.